The molecule has 0 aliphatic carbocycles. The summed E-state index contributed by atoms with van der Waals surface area (Å²) < 4.78 is 0. The molecule has 0 saturated carbocycles. The summed E-state index contributed by atoms with van der Waals surface area (Å²) in [5, 5.41) is 4.31. The number of benzene rings is 1. The van der Waals surface area contributed by atoms with Crippen LogP contribution in [0.5, 0.6) is 0 Å². The molecular formula is C24H31N5OS. The van der Waals surface area contributed by atoms with E-state index in [0.717, 1.165) is 48.7 Å². The van der Waals surface area contributed by atoms with Gasteiger partial charge in [0.25, 0.3) is 0 Å². The molecule has 1 aliphatic rings. The lowest BCUT2D eigenvalue weighted by Gasteiger charge is -2.32. The van der Waals surface area contributed by atoms with E-state index in [4.69, 9.17) is 0 Å². The molecular weight excluding hydrogens is 406 g/mol. The van der Waals surface area contributed by atoms with Crippen molar-refractivity contribution in [3.8, 4) is 0 Å². The van der Waals surface area contributed by atoms with Gasteiger partial charge in [-0.3, -0.25) is 4.79 Å². The Morgan fingerprint density at radius 2 is 1.81 bits per heavy atom. The smallest absolute Gasteiger partial charge is 0.223 e. The van der Waals surface area contributed by atoms with Crippen LogP contribution in [0.25, 0.3) is 10.2 Å². The van der Waals surface area contributed by atoms with Crippen molar-refractivity contribution in [2.24, 2.45) is 5.92 Å². The number of thiophene rings is 1. The van der Waals surface area contributed by atoms with Gasteiger partial charge in [-0.1, -0.05) is 24.3 Å². The number of rotatable bonds is 6. The van der Waals surface area contributed by atoms with E-state index in [1.807, 2.05) is 0 Å². The molecule has 0 unspecified atom stereocenters. The zero-order valence-corrected chi connectivity index (χ0v) is 19.6. The van der Waals surface area contributed by atoms with Crippen LogP contribution in [0.2, 0.25) is 0 Å². The molecule has 31 heavy (non-hydrogen) atoms. The minimum absolute atomic E-state index is 0.0619. The number of fused-ring (bicyclic) bond motifs is 1. The second-order valence-corrected chi connectivity index (χ2v) is 9.90. The van der Waals surface area contributed by atoms with Crippen molar-refractivity contribution in [2.75, 3.05) is 32.1 Å². The Kier molecular flexibility index (Phi) is 6.53. The molecule has 0 spiro atoms. The third kappa shape index (κ3) is 4.88. The Morgan fingerprint density at radius 1 is 1.13 bits per heavy atom. The zero-order chi connectivity index (χ0) is 22.0. The summed E-state index contributed by atoms with van der Waals surface area (Å²) in [5.74, 6) is 1.24. The summed E-state index contributed by atoms with van der Waals surface area (Å²) in [6, 6.07) is 8.48. The SMILES string of the molecule is Cc1sc2ncnc(N3CCC(C(=O)NCc4ccc(CN(C)C)cc4)CC3)c2c1C. The van der Waals surface area contributed by atoms with Crippen LogP contribution in [-0.4, -0.2) is 48.0 Å². The maximum absolute atomic E-state index is 12.7. The van der Waals surface area contributed by atoms with E-state index in [0.29, 0.717) is 6.54 Å². The number of aryl methyl sites for hydroxylation is 2. The molecule has 2 aromatic heterocycles. The molecule has 1 fully saturated rings. The Morgan fingerprint density at radius 3 is 2.48 bits per heavy atom. The van der Waals surface area contributed by atoms with Crippen LogP contribution in [0.15, 0.2) is 30.6 Å². The average molecular weight is 438 g/mol. The number of anilines is 1. The van der Waals surface area contributed by atoms with Gasteiger partial charge < -0.3 is 15.1 Å². The van der Waals surface area contributed by atoms with Crippen LogP contribution < -0.4 is 10.2 Å². The summed E-state index contributed by atoms with van der Waals surface area (Å²) in [4.78, 5) is 28.6. The van der Waals surface area contributed by atoms with Gasteiger partial charge in [0.1, 0.15) is 17.0 Å². The number of nitrogens with zero attached hydrogens (tertiary/aromatic N) is 4. The Labute approximate surface area is 188 Å². The number of amides is 1. The fraction of sp³-hybridized carbons (Fsp3) is 0.458. The van der Waals surface area contributed by atoms with E-state index in [-0.39, 0.29) is 11.8 Å². The average Bonchev–Trinajstić information content (AvgIpc) is 3.06. The van der Waals surface area contributed by atoms with Crippen molar-refractivity contribution >= 4 is 33.3 Å². The van der Waals surface area contributed by atoms with Gasteiger partial charge in [-0.2, -0.15) is 0 Å². The highest BCUT2D eigenvalue weighted by molar-refractivity contribution is 7.18. The van der Waals surface area contributed by atoms with Crippen LogP contribution in [0.1, 0.15) is 34.4 Å². The zero-order valence-electron chi connectivity index (χ0n) is 18.8. The fourth-order valence-corrected chi connectivity index (χ4v) is 5.21. The molecule has 1 amide bonds. The van der Waals surface area contributed by atoms with E-state index < -0.39 is 0 Å². The van der Waals surface area contributed by atoms with Gasteiger partial charge in [-0.05, 0) is 57.5 Å². The number of aromatic nitrogens is 2. The first-order valence-electron chi connectivity index (χ1n) is 10.9. The second kappa shape index (κ2) is 9.32. The number of nitrogens with one attached hydrogen (secondary N) is 1. The summed E-state index contributed by atoms with van der Waals surface area (Å²) in [7, 11) is 4.13. The number of carbonyl (C=O) groups is 1. The van der Waals surface area contributed by atoms with Crippen molar-refractivity contribution in [2.45, 2.75) is 39.8 Å². The molecule has 7 heteroatoms. The molecule has 4 rings (SSSR count). The van der Waals surface area contributed by atoms with Gasteiger partial charge in [0, 0.05) is 37.0 Å². The third-order valence-electron chi connectivity index (χ3n) is 6.10. The molecule has 1 aliphatic heterocycles. The van der Waals surface area contributed by atoms with Gasteiger partial charge in [-0.25, -0.2) is 9.97 Å². The predicted molar refractivity (Wildman–Crippen MR) is 128 cm³/mol. The molecule has 1 N–H and O–H groups in total. The molecule has 1 saturated heterocycles. The van der Waals surface area contributed by atoms with Crippen LogP contribution >= 0.6 is 11.3 Å². The van der Waals surface area contributed by atoms with E-state index in [1.165, 1.54) is 21.4 Å². The molecule has 6 nitrogen and oxygen atoms in total. The summed E-state index contributed by atoms with van der Waals surface area (Å²) in [6.45, 7) is 7.48. The van der Waals surface area contributed by atoms with Gasteiger partial charge in [-0.15, -0.1) is 11.3 Å². The van der Waals surface area contributed by atoms with Gasteiger partial charge in [0.05, 0.1) is 5.39 Å². The van der Waals surface area contributed by atoms with Crippen molar-refractivity contribution in [1.82, 2.24) is 20.2 Å². The minimum Gasteiger partial charge on any atom is -0.356 e. The largest absolute Gasteiger partial charge is 0.356 e. The summed E-state index contributed by atoms with van der Waals surface area (Å²) in [5.41, 5.74) is 3.69. The van der Waals surface area contributed by atoms with E-state index in [9.17, 15) is 4.79 Å². The normalized spacial score (nSPS) is 15.1. The molecule has 164 valence electrons. The highest BCUT2D eigenvalue weighted by Crippen LogP contribution is 2.35. The van der Waals surface area contributed by atoms with Crippen LogP contribution in [0.3, 0.4) is 0 Å². The molecule has 3 aromatic rings. The van der Waals surface area contributed by atoms with Gasteiger partial charge in [0.2, 0.25) is 5.91 Å². The minimum atomic E-state index is 0.0619. The molecule has 0 bridgehead atoms. The first-order chi connectivity index (χ1) is 14.9. The Hall–Kier alpha value is -2.51. The third-order valence-corrected chi connectivity index (χ3v) is 7.21. The molecule has 0 radical (unpaired) electrons. The number of piperidine rings is 1. The predicted octanol–water partition coefficient (Wildman–Crippen LogP) is 3.90. The van der Waals surface area contributed by atoms with E-state index in [2.05, 4.69) is 77.3 Å². The van der Waals surface area contributed by atoms with Gasteiger partial charge in [0.15, 0.2) is 0 Å². The van der Waals surface area contributed by atoms with Crippen molar-refractivity contribution in [3.05, 3.63) is 52.2 Å². The highest BCUT2D eigenvalue weighted by Gasteiger charge is 2.27. The summed E-state index contributed by atoms with van der Waals surface area (Å²) in [6.07, 6.45) is 3.36. The topological polar surface area (TPSA) is 61.4 Å². The molecule has 0 atom stereocenters. The standard InChI is InChI=1S/C24H31N5OS/c1-16-17(2)31-24-21(16)22(26-15-27-24)29-11-9-20(10-12-29)23(30)25-13-18-5-7-19(8-6-18)14-28(3)4/h5-8,15,20H,9-14H2,1-4H3,(H,25,30). The van der Waals surface area contributed by atoms with Crippen LogP contribution in [0, 0.1) is 19.8 Å². The maximum Gasteiger partial charge on any atom is 0.223 e. The van der Waals surface area contributed by atoms with Crippen molar-refractivity contribution < 1.29 is 4.79 Å². The lowest BCUT2D eigenvalue weighted by molar-refractivity contribution is -0.125. The monoisotopic (exact) mass is 437 g/mol. The van der Waals surface area contributed by atoms with Crippen LogP contribution in [0.4, 0.5) is 5.82 Å². The highest BCUT2D eigenvalue weighted by atomic mass is 32.1. The quantitative estimate of drug-likeness (QED) is 0.634. The van der Waals surface area contributed by atoms with E-state index in [1.54, 1.807) is 17.7 Å². The number of hydrogen-bond acceptors (Lipinski definition) is 6. The first kappa shape index (κ1) is 21.7. The molecule has 1 aromatic carbocycles. The van der Waals surface area contributed by atoms with E-state index >= 15 is 0 Å². The lowest BCUT2D eigenvalue weighted by atomic mass is 9.95. The van der Waals surface area contributed by atoms with Crippen LogP contribution in [-0.2, 0) is 17.9 Å². The number of hydrogen-bond donors (Lipinski definition) is 1. The van der Waals surface area contributed by atoms with Gasteiger partial charge >= 0.3 is 0 Å². The second-order valence-electron chi connectivity index (χ2n) is 8.69. The number of carbonyl (C=O) groups excluding carboxylic acids is 1. The maximum atomic E-state index is 12.7. The first-order valence-corrected chi connectivity index (χ1v) is 11.7. The summed E-state index contributed by atoms with van der Waals surface area (Å²) >= 11 is 1.73. The van der Waals surface area contributed by atoms with Crippen molar-refractivity contribution in [3.63, 3.8) is 0 Å². The van der Waals surface area contributed by atoms with Crippen molar-refractivity contribution in [1.29, 1.82) is 0 Å². The Balaban J connectivity index is 1.32. The fourth-order valence-electron chi connectivity index (χ4n) is 4.22. The lowest BCUT2D eigenvalue weighted by Crippen LogP contribution is -2.40. The molecule has 3 heterocycles. The Bertz CT molecular complexity index is 1050.